The van der Waals surface area contributed by atoms with Gasteiger partial charge in [-0.05, 0) is 32.0 Å². The van der Waals surface area contributed by atoms with Crippen molar-refractivity contribution >= 4 is 32.4 Å². The number of hydrogen-bond donors (Lipinski definition) is 1. The highest BCUT2D eigenvalue weighted by Crippen LogP contribution is 2.23. The third-order valence-electron chi connectivity index (χ3n) is 2.62. The molecule has 0 radical (unpaired) electrons. The van der Waals surface area contributed by atoms with E-state index in [2.05, 4.69) is 26.0 Å². The van der Waals surface area contributed by atoms with Gasteiger partial charge in [0.15, 0.2) is 0 Å². The Morgan fingerprint density at radius 3 is 2.89 bits per heavy atom. The Morgan fingerprint density at radius 1 is 1.47 bits per heavy atom. The van der Waals surface area contributed by atoms with Crippen LogP contribution in [0.4, 0.5) is 5.69 Å². The summed E-state index contributed by atoms with van der Waals surface area (Å²) in [6, 6.07) is 5.54. The minimum atomic E-state index is -1.24. The smallest absolute Gasteiger partial charge is 0.140 e. The van der Waals surface area contributed by atoms with E-state index in [0.717, 1.165) is 4.47 Å². The summed E-state index contributed by atoms with van der Waals surface area (Å²) in [5.74, 6) is 1.01. The molecule has 0 amide bonds. The normalized spacial score (nSPS) is 12.8. The molecule has 7 heteroatoms. The molecule has 1 heterocycles. The third kappa shape index (κ3) is 3.22. The standard InChI is InChI=1S/C12H15BrN4OS/c1-8(2)17-12(15-7-16-17)6-19(18)11-5-9(13)3-4-10(11)14/h3-5,7-8H,6,14H2,1-2H3. The highest BCUT2D eigenvalue weighted by Gasteiger charge is 2.14. The number of halogens is 1. The molecule has 102 valence electrons. The fourth-order valence-corrected chi connectivity index (χ4v) is 3.41. The lowest BCUT2D eigenvalue weighted by Gasteiger charge is -2.10. The Labute approximate surface area is 122 Å². The lowest BCUT2D eigenvalue weighted by atomic mass is 10.3. The van der Waals surface area contributed by atoms with E-state index < -0.39 is 10.8 Å². The topological polar surface area (TPSA) is 73.8 Å². The fraction of sp³-hybridized carbons (Fsp3) is 0.333. The summed E-state index contributed by atoms with van der Waals surface area (Å²) in [4.78, 5) is 4.78. The van der Waals surface area contributed by atoms with Gasteiger partial charge < -0.3 is 5.73 Å². The van der Waals surface area contributed by atoms with E-state index in [1.54, 1.807) is 16.8 Å². The van der Waals surface area contributed by atoms with E-state index in [9.17, 15) is 4.21 Å². The lowest BCUT2D eigenvalue weighted by molar-refractivity contribution is 0.513. The van der Waals surface area contributed by atoms with Crippen molar-refractivity contribution in [3.05, 3.63) is 34.8 Å². The second-order valence-electron chi connectivity index (χ2n) is 4.39. The molecule has 0 saturated carbocycles. The first-order valence-corrected chi connectivity index (χ1v) is 7.92. The summed E-state index contributed by atoms with van der Waals surface area (Å²) in [5.41, 5.74) is 6.39. The van der Waals surface area contributed by atoms with Gasteiger partial charge in [0.2, 0.25) is 0 Å². The maximum absolute atomic E-state index is 12.4. The number of anilines is 1. The number of nitrogens with two attached hydrogens (primary N) is 1. The van der Waals surface area contributed by atoms with Crippen molar-refractivity contribution in [2.45, 2.75) is 30.5 Å². The van der Waals surface area contributed by atoms with Crippen LogP contribution in [0, 0.1) is 0 Å². The molecule has 1 unspecified atom stereocenters. The molecule has 0 aliphatic heterocycles. The average molecular weight is 343 g/mol. The zero-order chi connectivity index (χ0) is 14.0. The monoisotopic (exact) mass is 342 g/mol. The predicted octanol–water partition coefficient (Wildman–Crippen LogP) is 2.51. The van der Waals surface area contributed by atoms with E-state index in [0.29, 0.717) is 22.2 Å². The van der Waals surface area contributed by atoms with Gasteiger partial charge in [0.1, 0.15) is 12.2 Å². The lowest BCUT2D eigenvalue weighted by Crippen LogP contribution is -2.11. The van der Waals surface area contributed by atoms with E-state index in [4.69, 9.17) is 5.73 Å². The molecule has 1 aromatic carbocycles. The molecule has 2 aromatic rings. The summed E-state index contributed by atoms with van der Waals surface area (Å²) in [7, 11) is -1.24. The van der Waals surface area contributed by atoms with Crippen molar-refractivity contribution in [3.8, 4) is 0 Å². The molecular formula is C12H15BrN4OS. The number of hydrogen-bond acceptors (Lipinski definition) is 4. The third-order valence-corrected chi connectivity index (χ3v) is 4.48. The van der Waals surface area contributed by atoms with Crippen LogP contribution in [0.25, 0.3) is 0 Å². The van der Waals surface area contributed by atoms with Gasteiger partial charge in [-0.15, -0.1) is 0 Å². The highest BCUT2D eigenvalue weighted by atomic mass is 79.9. The summed E-state index contributed by atoms with van der Waals surface area (Å²) in [5, 5.41) is 4.13. The largest absolute Gasteiger partial charge is 0.398 e. The van der Waals surface area contributed by atoms with Crippen LogP contribution in [0.5, 0.6) is 0 Å². The molecule has 0 aliphatic carbocycles. The van der Waals surface area contributed by atoms with Gasteiger partial charge in [-0.3, -0.25) is 4.21 Å². The highest BCUT2D eigenvalue weighted by molar-refractivity contribution is 9.10. The van der Waals surface area contributed by atoms with E-state index in [1.165, 1.54) is 6.33 Å². The van der Waals surface area contributed by atoms with Crippen LogP contribution in [-0.4, -0.2) is 19.0 Å². The number of nitrogen functional groups attached to an aromatic ring is 1. The molecular weight excluding hydrogens is 328 g/mol. The second kappa shape index (κ2) is 5.83. The second-order valence-corrected chi connectivity index (χ2v) is 6.72. The van der Waals surface area contributed by atoms with Gasteiger partial charge in [0.05, 0.1) is 21.4 Å². The van der Waals surface area contributed by atoms with Crippen LogP contribution in [0.2, 0.25) is 0 Å². The van der Waals surface area contributed by atoms with E-state index in [-0.39, 0.29) is 6.04 Å². The van der Waals surface area contributed by atoms with Crippen LogP contribution >= 0.6 is 15.9 Å². The van der Waals surface area contributed by atoms with E-state index in [1.807, 2.05) is 19.9 Å². The van der Waals surface area contributed by atoms with Gasteiger partial charge in [-0.25, -0.2) is 9.67 Å². The summed E-state index contributed by atoms with van der Waals surface area (Å²) < 4.78 is 15.0. The van der Waals surface area contributed by atoms with Gasteiger partial charge in [0, 0.05) is 16.2 Å². The maximum Gasteiger partial charge on any atom is 0.140 e. The zero-order valence-corrected chi connectivity index (χ0v) is 13.1. The summed E-state index contributed by atoms with van der Waals surface area (Å²) >= 11 is 3.36. The fourth-order valence-electron chi connectivity index (χ4n) is 1.71. The van der Waals surface area contributed by atoms with Gasteiger partial charge in [-0.1, -0.05) is 15.9 Å². The minimum absolute atomic E-state index is 0.189. The molecule has 2 rings (SSSR count). The molecule has 0 fully saturated rings. The quantitative estimate of drug-likeness (QED) is 0.866. The molecule has 1 atom stereocenters. The van der Waals surface area contributed by atoms with Crippen LogP contribution in [-0.2, 0) is 16.6 Å². The summed E-state index contributed by atoms with van der Waals surface area (Å²) in [6.45, 7) is 4.02. The first kappa shape index (κ1) is 14.2. The van der Waals surface area contributed by atoms with Crippen molar-refractivity contribution in [2.24, 2.45) is 0 Å². The molecule has 0 bridgehead atoms. The Morgan fingerprint density at radius 2 is 2.21 bits per heavy atom. The van der Waals surface area contributed by atoms with Gasteiger partial charge in [0.25, 0.3) is 0 Å². The predicted molar refractivity (Wildman–Crippen MR) is 79.1 cm³/mol. The molecule has 1 aromatic heterocycles. The Bertz CT molecular complexity index is 612. The SMILES string of the molecule is CC(C)n1ncnc1CS(=O)c1cc(Br)ccc1N. The first-order chi connectivity index (χ1) is 8.99. The molecule has 2 N–H and O–H groups in total. The Balaban J connectivity index is 2.26. The number of benzene rings is 1. The number of rotatable bonds is 4. The average Bonchev–Trinajstić information content (AvgIpc) is 2.80. The first-order valence-electron chi connectivity index (χ1n) is 5.81. The molecule has 5 nitrogen and oxygen atoms in total. The Kier molecular flexibility index (Phi) is 4.36. The zero-order valence-electron chi connectivity index (χ0n) is 10.7. The molecule has 0 spiro atoms. The number of nitrogens with zero attached hydrogens (tertiary/aromatic N) is 3. The van der Waals surface area contributed by atoms with Crippen LogP contribution in [0.1, 0.15) is 25.7 Å². The summed E-state index contributed by atoms with van der Waals surface area (Å²) in [6.07, 6.45) is 1.48. The molecule has 0 aliphatic rings. The van der Waals surface area contributed by atoms with Crippen molar-refractivity contribution in [1.29, 1.82) is 0 Å². The van der Waals surface area contributed by atoms with Crippen molar-refractivity contribution < 1.29 is 4.21 Å². The van der Waals surface area contributed by atoms with Gasteiger partial charge in [-0.2, -0.15) is 5.10 Å². The van der Waals surface area contributed by atoms with Crippen molar-refractivity contribution in [3.63, 3.8) is 0 Å². The molecule has 0 saturated heterocycles. The van der Waals surface area contributed by atoms with E-state index >= 15 is 0 Å². The van der Waals surface area contributed by atoms with Crippen LogP contribution < -0.4 is 5.73 Å². The van der Waals surface area contributed by atoms with Crippen molar-refractivity contribution in [2.75, 3.05) is 5.73 Å². The van der Waals surface area contributed by atoms with Crippen molar-refractivity contribution in [1.82, 2.24) is 14.8 Å². The van der Waals surface area contributed by atoms with Crippen LogP contribution in [0.3, 0.4) is 0 Å². The van der Waals surface area contributed by atoms with Crippen LogP contribution in [0.15, 0.2) is 33.9 Å². The maximum atomic E-state index is 12.4. The minimum Gasteiger partial charge on any atom is -0.398 e. The molecule has 19 heavy (non-hydrogen) atoms. The Hall–Kier alpha value is -1.21. The van der Waals surface area contributed by atoms with Gasteiger partial charge >= 0.3 is 0 Å². The number of aromatic nitrogens is 3.